The second-order valence-electron chi connectivity index (χ2n) is 21.3. The lowest BCUT2D eigenvalue weighted by Crippen LogP contribution is -2.36. The first-order valence-electron chi connectivity index (χ1n) is 25.9. The van der Waals surface area contributed by atoms with E-state index in [1.807, 2.05) is 72.8 Å². The van der Waals surface area contributed by atoms with Gasteiger partial charge in [0.2, 0.25) is 0 Å². The van der Waals surface area contributed by atoms with Crippen molar-refractivity contribution < 1.29 is 28.6 Å². The van der Waals surface area contributed by atoms with Gasteiger partial charge in [-0.15, -0.1) is 0 Å². The number of carbonyl (C=O) groups is 3. The molecule has 6 nitrogen and oxygen atoms in total. The lowest BCUT2D eigenvalue weighted by atomic mass is 9.68. The van der Waals surface area contributed by atoms with E-state index in [9.17, 15) is 14.4 Å². The first-order chi connectivity index (χ1) is 34.7. The highest BCUT2D eigenvalue weighted by molar-refractivity contribution is 6.31. The Balaban J connectivity index is 0.000000124. The third-order valence-electron chi connectivity index (χ3n) is 16.8. The summed E-state index contributed by atoms with van der Waals surface area (Å²) in [7, 11) is 0. The Morgan fingerprint density at radius 1 is 0.361 bits per heavy atom. The topological polar surface area (TPSA) is 78.9 Å². The van der Waals surface area contributed by atoms with E-state index in [1.165, 1.54) is 52.6 Å². The molecule has 6 aromatic rings. The van der Waals surface area contributed by atoms with Crippen LogP contribution in [0, 0.1) is 0 Å². The van der Waals surface area contributed by atoms with Crippen molar-refractivity contribution in [1.82, 2.24) is 0 Å². The standard InChI is InChI=1S/3C21H21ClO2/c3*1-14(23)15-4-7-20-17(11-15)8-10-21(13-24-20)9-2-3-16-12-18(22)5-6-19(16)21/h3*4-7,11-12H,2-3,8-10,13H2,1H3/t3*21-/m000/s1. The average Bonchev–Trinajstić information content (AvgIpc) is 3.76. The van der Waals surface area contributed by atoms with E-state index in [-0.39, 0.29) is 33.6 Å². The molecule has 72 heavy (non-hydrogen) atoms. The molecular weight excluding hydrogens is 959 g/mol. The summed E-state index contributed by atoms with van der Waals surface area (Å²) in [6.45, 7) is 6.95. The van der Waals surface area contributed by atoms with Gasteiger partial charge in [0.25, 0.3) is 0 Å². The lowest BCUT2D eigenvalue weighted by molar-refractivity contribution is 0.100. The number of rotatable bonds is 3. The second-order valence-corrected chi connectivity index (χ2v) is 22.6. The van der Waals surface area contributed by atoms with Gasteiger partial charge in [-0.1, -0.05) is 53.0 Å². The van der Waals surface area contributed by atoms with Crippen LogP contribution in [0.2, 0.25) is 15.1 Å². The highest BCUT2D eigenvalue weighted by Gasteiger charge is 2.42. The Labute approximate surface area is 439 Å². The maximum atomic E-state index is 11.7. The first-order valence-corrected chi connectivity index (χ1v) is 27.0. The van der Waals surface area contributed by atoms with Gasteiger partial charge in [-0.2, -0.15) is 0 Å². The fraction of sp³-hybridized carbons (Fsp3) is 0.381. The zero-order chi connectivity index (χ0) is 50.2. The Morgan fingerprint density at radius 2 is 0.653 bits per heavy atom. The monoisotopic (exact) mass is 1020 g/mol. The van der Waals surface area contributed by atoms with Crippen LogP contribution in [0.3, 0.4) is 0 Å². The van der Waals surface area contributed by atoms with Gasteiger partial charge in [-0.3, -0.25) is 14.4 Å². The summed E-state index contributed by atoms with van der Waals surface area (Å²) in [4.78, 5) is 35.0. The summed E-state index contributed by atoms with van der Waals surface area (Å²) in [5, 5.41) is 2.44. The number of halogens is 3. The van der Waals surface area contributed by atoms with Gasteiger partial charge in [0, 0.05) is 48.0 Å². The highest BCUT2D eigenvalue weighted by Crippen LogP contribution is 2.48. The number of Topliss-reactive ketones (excluding diaryl/α,β-unsaturated/α-hetero) is 3. The molecule has 0 bridgehead atoms. The van der Waals surface area contributed by atoms with E-state index in [0.717, 1.165) is 143 Å². The number of benzene rings is 6. The summed E-state index contributed by atoms with van der Waals surface area (Å²) in [5.74, 6) is 3.10. The molecule has 12 rings (SSSR count). The molecule has 6 aromatic carbocycles. The van der Waals surface area contributed by atoms with E-state index < -0.39 is 0 Å². The van der Waals surface area contributed by atoms with E-state index in [0.29, 0.717) is 19.8 Å². The predicted octanol–water partition coefficient (Wildman–Crippen LogP) is 15.4. The van der Waals surface area contributed by atoms with E-state index in [2.05, 4.69) is 36.4 Å². The largest absolute Gasteiger partial charge is 0.492 e. The molecule has 3 aliphatic heterocycles. The molecule has 3 spiro atoms. The van der Waals surface area contributed by atoms with E-state index in [1.54, 1.807) is 20.8 Å². The number of ketones is 3. The molecule has 3 heterocycles. The molecule has 0 saturated heterocycles. The molecule has 0 aromatic heterocycles. The van der Waals surface area contributed by atoms with E-state index in [4.69, 9.17) is 49.0 Å². The van der Waals surface area contributed by atoms with Gasteiger partial charge < -0.3 is 14.2 Å². The summed E-state index contributed by atoms with van der Waals surface area (Å²) in [6.07, 6.45) is 16.2. The Morgan fingerprint density at radius 3 is 0.931 bits per heavy atom. The minimum atomic E-state index is 0.0631. The van der Waals surface area contributed by atoms with Gasteiger partial charge >= 0.3 is 0 Å². The van der Waals surface area contributed by atoms with E-state index >= 15 is 0 Å². The molecular formula is C63H63Cl3O6. The molecule has 3 aliphatic carbocycles. The number of hydrogen-bond acceptors (Lipinski definition) is 6. The van der Waals surface area contributed by atoms with Gasteiger partial charge in [0.05, 0.1) is 19.8 Å². The summed E-state index contributed by atoms with van der Waals surface area (Å²) < 4.78 is 18.7. The second kappa shape index (κ2) is 20.8. The molecule has 0 amide bonds. The fourth-order valence-electron chi connectivity index (χ4n) is 12.7. The SMILES string of the molecule is CC(=O)c1ccc2c(c1)CC[C@@]1(CCCc3cc(Cl)ccc31)CO2.CC(=O)c1ccc2c(c1)CC[C@@]1(CCCc3cc(Cl)ccc31)CO2.CC(=O)c1ccc2c(c1)CC[C@@]1(CCCc3cc(Cl)ccc31)CO2. The zero-order valence-electron chi connectivity index (χ0n) is 41.7. The minimum absolute atomic E-state index is 0.0631. The van der Waals surface area contributed by atoms with Crippen molar-refractivity contribution in [2.24, 2.45) is 0 Å². The van der Waals surface area contributed by atoms with Crippen molar-refractivity contribution in [3.63, 3.8) is 0 Å². The third-order valence-corrected chi connectivity index (χ3v) is 17.5. The van der Waals surface area contributed by atoms with Crippen LogP contribution in [-0.4, -0.2) is 37.2 Å². The number of fused-ring (bicyclic) bond motifs is 9. The molecule has 0 unspecified atom stereocenters. The minimum Gasteiger partial charge on any atom is -0.492 e. The molecule has 0 saturated carbocycles. The molecule has 0 fully saturated rings. The molecule has 0 N–H and O–H groups in total. The zero-order valence-corrected chi connectivity index (χ0v) is 44.0. The normalized spacial score (nSPS) is 22.2. The van der Waals surface area contributed by atoms with Gasteiger partial charge in [0.1, 0.15) is 17.2 Å². The molecule has 6 aliphatic rings. The van der Waals surface area contributed by atoms with Gasteiger partial charge in [0.15, 0.2) is 17.3 Å². The average molecular weight is 1020 g/mol. The maximum absolute atomic E-state index is 11.7. The van der Waals surface area contributed by atoms with Crippen LogP contribution in [0.5, 0.6) is 17.2 Å². The van der Waals surface area contributed by atoms with Crippen LogP contribution in [0.1, 0.15) is 160 Å². The highest BCUT2D eigenvalue weighted by atomic mass is 35.5. The summed E-state index contributed by atoms with van der Waals surface area (Å²) in [6, 6.07) is 36.4. The number of carbonyl (C=O) groups excluding carboxylic acids is 3. The van der Waals surface area contributed by atoms with Crippen LogP contribution in [0.25, 0.3) is 0 Å². The van der Waals surface area contributed by atoms with Gasteiger partial charge in [-0.05, 0) is 258 Å². The number of hydrogen-bond donors (Lipinski definition) is 0. The quantitative estimate of drug-likeness (QED) is 0.164. The summed E-state index contributed by atoms with van der Waals surface area (Å²) >= 11 is 18.6. The number of aryl methyl sites for hydroxylation is 6. The lowest BCUT2D eigenvalue weighted by Gasteiger charge is -2.38. The smallest absolute Gasteiger partial charge is 0.159 e. The van der Waals surface area contributed by atoms with Crippen LogP contribution in [-0.2, 0) is 54.8 Å². The van der Waals surface area contributed by atoms with Crippen molar-refractivity contribution in [1.29, 1.82) is 0 Å². The van der Waals surface area contributed by atoms with Crippen LogP contribution < -0.4 is 14.2 Å². The summed E-state index contributed by atoms with van der Waals surface area (Å²) in [5.41, 5.74) is 14.3. The molecule has 9 heteroatoms. The predicted molar refractivity (Wildman–Crippen MR) is 289 cm³/mol. The fourth-order valence-corrected chi connectivity index (χ4v) is 13.3. The van der Waals surface area contributed by atoms with Crippen molar-refractivity contribution in [3.05, 3.63) is 191 Å². The van der Waals surface area contributed by atoms with Gasteiger partial charge in [-0.25, -0.2) is 0 Å². The molecule has 3 atom stereocenters. The van der Waals surface area contributed by atoms with Crippen molar-refractivity contribution in [2.45, 2.75) is 133 Å². The Bertz CT molecular complexity index is 2760. The molecule has 372 valence electrons. The first kappa shape index (κ1) is 50.1. The third kappa shape index (κ3) is 10.3. The maximum Gasteiger partial charge on any atom is 0.159 e. The van der Waals surface area contributed by atoms with Crippen molar-refractivity contribution in [2.75, 3.05) is 19.8 Å². The molecule has 0 radical (unpaired) electrons. The Hall–Kier alpha value is -5.40. The van der Waals surface area contributed by atoms with Crippen LogP contribution >= 0.6 is 34.8 Å². The van der Waals surface area contributed by atoms with Crippen molar-refractivity contribution >= 4 is 52.2 Å². The Kier molecular flexibility index (Phi) is 14.5. The van der Waals surface area contributed by atoms with Crippen LogP contribution in [0.15, 0.2) is 109 Å². The van der Waals surface area contributed by atoms with Crippen LogP contribution in [0.4, 0.5) is 0 Å². The number of ether oxygens (including phenoxy) is 3. The van der Waals surface area contributed by atoms with Crippen molar-refractivity contribution in [3.8, 4) is 17.2 Å².